The van der Waals surface area contributed by atoms with Crippen LogP contribution in [0, 0.1) is 5.82 Å². The van der Waals surface area contributed by atoms with E-state index in [0.717, 1.165) is 0 Å². The number of rotatable bonds is 5. The molecule has 0 spiro atoms. The number of nitrogens with zero attached hydrogens (tertiary/aromatic N) is 2. The predicted octanol–water partition coefficient (Wildman–Crippen LogP) is 4.19. The Balaban J connectivity index is 1.59. The number of para-hydroxylation sites is 1. The first-order valence-corrected chi connectivity index (χ1v) is 7.87. The Morgan fingerprint density at radius 2 is 1.64 bits per heavy atom. The van der Waals surface area contributed by atoms with Crippen molar-refractivity contribution in [2.75, 3.05) is 10.6 Å². The average Bonchev–Trinajstić information content (AvgIpc) is 2.61. The fourth-order valence-corrected chi connectivity index (χ4v) is 2.32. The zero-order chi connectivity index (χ0) is 17.6. The number of hydrogen-bond donors (Lipinski definition) is 2. The maximum atomic E-state index is 12.9. The number of carbonyl (C=O) groups is 1. The van der Waals surface area contributed by atoms with Crippen LogP contribution >= 0.6 is 11.6 Å². The summed E-state index contributed by atoms with van der Waals surface area (Å²) in [5, 5.41) is 14.2. The van der Waals surface area contributed by atoms with Crippen LogP contribution in [0.1, 0.15) is 5.56 Å². The minimum atomic E-state index is -0.336. The molecule has 0 fully saturated rings. The van der Waals surface area contributed by atoms with E-state index in [1.165, 1.54) is 12.1 Å². The van der Waals surface area contributed by atoms with Crippen LogP contribution in [0.2, 0.25) is 5.02 Å². The van der Waals surface area contributed by atoms with Gasteiger partial charge in [0.1, 0.15) is 5.82 Å². The van der Waals surface area contributed by atoms with E-state index in [2.05, 4.69) is 20.8 Å². The van der Waals surface area contributed by atoms with E-state index in [0.29, 0.717) is 27.9 Å². The van der Waals surface area contributed by atoms with Crippen LogP contribution in [0.3, 0.4) is 0 Å². The van der Waals surface area contributed by atoms with Gasteiger partial charge in [-0.25, -0.2) is 4.39 Å². The first kappa shape index (κ1) is 16.9. The molecule has 0 aliphatic heterocycles. The second-order valence-electron chi connectivity index (χ2n) is 5.26. The molecule has 7 heteroatoms. The maximum absolute atomic E-state index is 12.9. The summed E-state index contributed by atoms with van der Waals surface area (Å²) in [5.74, 6) is 0.241. The molecule has 2 aromatic carbocycles. The fourth-order valence-electron chi connectivity index (χ4n) is 2.14. The Morgan fingerprint density at radius 3 is 2.32 bits per heavy atom. The molecule has 0 atom stereocenters. The summed E-state index contributed by atoms with van der Waals surface area (Å²) in [5.41, 5.74) is 1.43. The van der Waals surface area contributed by atoms with Gasteiger partial charge in [0.15, 0.2) is 11.6 Å². The van der Waals surface area contributed by atoms with Gasteiger partial charge in [0, 0.05) is 0 Å². The summed E-state index contributed by atoms with van der Waals surface area (Å²) in [6.07, 6.45) is 0.127. The zero-order valence-electron chi connectivity index (χ0n) is 13.0. The Hall–Kier alpha value is -2.99. The molecule has 3 rings (SSSR count). The Labute approximate surface area is 148 Å². The van der Waals surface area contributed by atoms with Gasteiger partial charge in [-0.05, 0) is 42.0 Å². The van der Waals surface area contributed by atoms with Crippen LogP contribution in [0.4, 0.5) is 21.7 Å². The van der Waals surface area contributed by atoms with E-state index in [4.69, 9.17) is 11.6 Å². The summed E-state index contributed by atoms with van der Waals surface area (Å²) in [7, 11) is 0. The third-order valence-electron chi connectivity index (χ3n) is 3.35. The number of halogens is 2. The standard InChI is InChI=1S/C18H14ClFN4O/c19-14-3-1-2-4-15(14)21-16-9-10-17(24-23-16)22-18(25)11-12-5-7-13(20)8-6-12/h1-10H,11H2,(H,21,23)(H,22,24,25). The van der Waals surface area contributed by atoms with Crippen molar-refractivity contribution < 1.29 is 9.18 Å². The van der Waals surface area contributed by atoms with Crippen molar-refractivity contribution in [1.29, 1.82) is 0 Å². The number of anilines is 3. The lowest BCUT2D eigenvalue weighted by atomic mass is 10.1. The average molecular weight is 357 g/mol. The van der Waals surface area contributed by atoms with Gasteiger partial charge in [0.25, 0.3) is 0 Å². The van der Waals surface area contributed by atoms with Crippen molar-refractivity contribution in [3.05, 3.63) is 77.1 Å². The molecule has 0 unspecified atom stereocenters. The number of aromatic nitrogens is 2. The van der Waals surface area contributed by atoms with E-state index >= 15 is 0 Å². The van der Waals surface area contributed by atoms with Crippen molar-refractivity contribution in [1.82, 2.24) is 10.2 Å². The first-order valence-electron chi connectivity index (χ1n) is 7.50. The number of carbonyl (C=O) groups excluding carboxylic acids is 1. The minimum Gasteiger partial charge on any atom is -0.338 e. The summed E-state index contributed by atoms with van der Waals surface area (Å²) in [6, 6.07) is 16.4. The van der Waals surface area contributed by atoms with Crippen molar-refractivity contribution >= 4 is 34.8 Å². The van der Waals surface area contributed by atoms with Crippen LogP contribution in [0.25, 0.3) is 0 Å². The lowest BCUT2D eigenvalue weighted by Gasteiger charge is -2.08. The Morgan fingerprint density at radius 1 is 0.960 bits per heavy atom. The molecule has 1 heterocycles. The number of hydrogen-bond acceptors (Lipinski definition) is 4. The quantitative estimate of drug-likeness (QED) is 0.719. The topological polar surface area (TPSA) is 66.9 Å². The van der Waals surface area contributed by atoms with Crippen molar-refractivity contribution in [2.45, 2.75) is 6.42 Å². The van der Waals surface area contributed by atoms with Crippen molar-refractivity contribution in [3.8, 4) is 0 Å². The van der Waals surface area contributed by atoms with Crippen LogP contribution in [-0.4, -0.2) is 16.1 Å². The molecule has 0 saturated carbocycles. The van der Waals surface area contributed by atoms with Crippen molar-refractivity contribution in [3.63, 3.8) is 0 Å². The molecule has 2 N–H and O–H groups in total. The highest BCUT2D eigenvalue weighted by atomic mass is 35.5. The number of amides is 1. The second-order valence-corrected chi connectivity index (χ2v) is 5.67. The van der Waals surface area contributed by atoms with Gasteiger partial charge in [-0.3, -0.25) is 4.79 Å². The zero-order valence-corrected chi connectivity index (χ0v) is 13.8. The molecule has 0 radical (unpaired) electrons. The third kappa shape index (κ3) is 4.74. The van der Waals surface area contributed by atoms with E-state index in [-0.39, 0.29) is 18.1 Å². The molecule has 1 amide bonds. The first-order chi connectivity index (χ1) is 12.1. The molecule has 0 saturated heterocycles. The van der Waals surface area contributed by atoms with Gasteiger partial charge in [0.05, 0.1) is 17.1 Å². The normalized spacial score (nSPS) is 10.3. The molecule has 5 nitrogen and oxygen atoms in total. The molecule has 126 valence electrons. The number of benzene rings is 2. The van der Waals surface area contributed by atoms with Crippen molar-refractivity contribution in [2.24, 2.45) is 0 Å². The molecular formula is C18H14ClFN4O. The van der Waals surface area contributed by atoms with E-state index in [9.17, 15) is 9.18 Å². The summed E-state index contributed by atoms with van der Waals surface area (Å²) in [4.78, 5) is 12.0. The highest BCUT2D eigenvalue weighted by Gasteiger charge is 2.07. The van der Waals surface area contributed by atoms with E-state index in [1.54, 1.807) is 30.3 Å². The molecule has 25 heavy (non-hydrogen) atoms. The van der Waals surface area contributed by atoms with Gasteiger partial charge in [0.2, 0.25) is 5.91 Å². The van der Waals surface area contributed by atoms with Gasteiger partial charge in [-0.1, -0.05) is 35.9 Å². The third-order valence-corrected chi connectivity index (χ3v) is 3.68. The summed E-state index contributed by atoms with van der Waals surface area (Å²) < 4.78 is 12.9. The summed E-state index contributed by atoms with van der Waals surface area (Å²) in [6.45, 7) is 0. The van der Waals surface area contributed by atoms with Crippen LogP contribution in [-0.2, 0) is 11.2 Å². The van der Waals surface area contributed by atoms with Gasteiger partial charge < -0.3 is 10.6 Å². The molecule has 3 aromatic rings. The van der Waals surface area contributed by atoms with Gasteiger partial charge >= 0.3 is 0 Å². The Bertz CT molecular complexity index is 869. The Kier molecular flexibility index (Phi) is 5.20. The minimum absolute atomic E-state index is 0.127. The summed E-state index contributed by atoms with van der Waals surface area (Å²) >= 11 is 6.07. The SMILES string of the molecule is O=C(Cc1ccc(F)cc1)Nc1ccc(Nc2ccccc2Cl)nn1. The number of nitrogens with one attached hydrogen (secondary N) is 2. The van der Waals surface area contributed by atoms with Crippen LogP contribution < -0.4 is 10.6 Å². The lowest BCUT2D eigenvalue weighted by Crippen LogP contribution is -2.15. The molecule has 1 aromatic heterocycles. The predicted molar refractivity (Wildman–Crippen MR) is 95.5 cm³/mol. The van der Waals surface area contributed by atoms with Gasteiger partial charge in [-0.15, -0.1) is 10.2 Å². The molecule has 0 aliphatic carbocycles. The second kappa shape index (κ2) is 7.72. The fraction of sp³-hybridized carbons (Fsp3) is 0.0556. The highest BCUT2D eigenvalue weighted by Crippen LogP contribution is 2.23. The molecule has 0 bridgehead atoms. The molecular weight excluding hydrogens is 343 g/mol. The van der Waals surface area contributed by atoms with Gasteiger partial charge in [-0.2, -0.15) is 0 Å². The maximum Gasteiger partial charge on any atom is 0.229 e. The van der Waals surface area contributed by atoms with Crippen LogP contribution in [0.15, 0.2) is 60.7 Å². The lowest BCUT2D eigenvalue weighted by molar-refractivity contribution is -0.115. The smallest absolute Gasteiger partial charge is 0.229 e. The largest absolute Gasteiger partial charge is 0.338 e. The highest BCUT2D eigenvalue weighted by molar-refractivity contribution is 6.33. The molecule has 0 aliphatic rings. The van der Waals surface area contributed by atoms with E-state index in [1.807, 2.05) is 18.2 Å². The monoisotopic (exact) mass is 356 g/mol. The van der Waals surface area contributed by atoms with E-state index < -0.39 is 0 Å². The van der Waals surface area contributed by atoms with Crippen LogP contribution in [0.5, 0.6) is 0 Å².